The van der Waals surface area contributed by atoms with E-state index in [0.29, 0.717) is 18.9 Å². The third-order valence-corrected chi connectivity index (χ3v) is 6.13. The van der Waals surface area contributed by atoms with Crippen LogP contribution in [0, 0.1) is 5.92 Å². The minimum absolute atomic E-state index is 0.163. The number of amides is 1. The van der Waals surface area contributed by atoms with E-state index in [0.717, 1.165) is 30.2 Å². The fraction of sp³-hybridized carbons (Fsp3) is 0.636. The lowest BCUT2D eigenvalue weighted by atomic mass is 9.88. The first-order valence-electron chi connectivity index (χ1n) is 10.7. The molecule has 0 radical (unpaired) electrons. The summed E-state index contributed by atoms with van der Waals surface area (Å²) in [7, 11) is 0. The monoisotopic (exact) mass is 368 g/mol. The van der Waals surface area contributed by atoms with Gasteiger partial charge in [-0.25, -0.2) is 4.98 Å². The molecule has 1 saturated heterocycles. The molecule has 1 atom stereocenters. The summed E-state index contributed by atoms with van der Waals surface area (Å²) in [6, 6.07) is 6.29. The Bertz CT molecular complexity index is 717. The van der Waals surface area contributed by atoms with Crippen molar-refractivity contribution >= 4 is 11.6 Å². The van der Waals surface area contributed by atoms with Gasteiger partial charge in [-0.15, -0.1) is 0 Å². The van der Waals surface area contributed by atoms with Crippen LogP contribution in [0.2, 0.25) is 0 Å². The van der Waals surface area contributed by atoms with Crippen molar-refractivity contribution in [2.24, 2.45) is 5.92 Å². The van der Waals surface area contributed by atoms with E-state index in [1.807, 2.05) is 35.0 Å². The van der Waals surface area contributed by atoms with Crippen LogP contribution in [0.15, 0.2) is 30.6 Å². The maximum Gasteiger partial charge on any atom is 0.220 e. The summed E-state index contributed by atoms with van der Waals surface area (Å²) in [6.07, 6.45) is 14.6. The Labute approximate surface area is 162 Å². The quantitative estimate of drug-likeness (QED) is 0.850. The number of hydrogen-bond donors (Lipinski definition) is 1. The largest absolute Gasteiger partial charge is 0.352 e. The summed E-state index contributed by atoms with van der Waals surface area (Å²) in [5.41, 5.74) is 1.93. The van der Waals surface area contributed by atoms with Gasteiger partial charge in [-0.3, -0.25) is 4.79 Å². The fourth-order valence-corrected chi connectivity index (χ4v) is 4.72. The number of aryl methyl sites for hydroxylation is 1. The number of nitrogens with zero attached hydrogens (tertiary/aromatic N) is 3. The van der Waals surface area contributed by atoms with Crippen LogP contribution in [0.4, 0.5) is 0 Å². The maximum atomic E-state index is 12.4. The lowest BCUT2D eigenvalue weighted by Gasteiger charge is -2.36. The predicted octanol–water partition coefficient (Wildman–Crippen LogP) is 3.43. The highest BCUT2D eigenvalue weighted by molar-refractivity contribution is 5.76. The third kappa shape index (κ3) is 5.10. The molecule has 1 unspecified atom stereocenters. The first-order chi connectivity index (χ1) is 13.3. The molecule has 1 aliphatic carbocycles. The number of rotatable bonds is 6. The predicted molar refractivity (Wildman–Crippen MR) is 108 cm³/mol. The van der Waals surface area contributed by atoms with Gasteiger partial charge in [-0.2, -0.15) is 0 Å². The molecule has 0 aromatic carbocycles. The van der Waals surface area contributed by atoms with E-state index >= 15 is 0 Å². The number of pyridine rings is 1. The summed E-state index contributed by atoms with van der Waals surface area (Å²) in [6.45, 7) is 3.45. The molecule has 1 N–H and O–H groups in total. The first-order valence-corrected chi connectivity index (χ1v) is 10.7. The van der Waals surface area contributed by atoms with Crippen LogP contribution in [0.5, 0.6) is 0 Å². The van der Waals surface area contributed by atoms with Gasteiger partial charge in [-0.1, -0.05) is 25.3 Å². The van der Waals surface area contributed by atoms with Crippen molar-refractivity contribution in [3.05, 3.63) is 36.3 Å². The third-order valence-electron chi connectivity index (χ3n) is 6.13. The van der Waals surface area contributed by atoms with Crippen LogP contribution in [0.25, 0.3) is 5.65 Å². The molecule has 4 rings (SSSR count). The van der Waals surface area contributed by atoms with Gasteiger partial charge in [0.1, 0.15) is 5.65 Å². The second-order valence-electron chi connectivity index (χ2n) is 8.37. The van der Waals surface area contributed by atoms with Crippen LogP contribution in [0.3, 0.4) is 0 Å². The topological polar surface area (TPSA) is 49.6 Å². The lowest BCUT2D eigenvalue weighted by Crippen LogP contribution is -2.49. The summed E-state index contributed by atoms with van der Waals surface area (Å²) < 4.78 is 2.01. The second kappa shape index (κ2) is 8.87. The van der Waals surface area contributed by atoms with Crippen LogP contribution in [0.1, 0.15) is 57.1 Å². The van der Waals surface area contributed by atoms with E-state index in [2.05, 4.69) is 15.2 Å². The van der Waals surface area contributed by atoms with Gasteiger partial charge < -0.3 is 14.6 Å². The Morgan fingerprint density at radius 2 is 2.04 bits per heavy atom. The second-order valence-corrected chi connectivity index (χ2v) is 8.37. The summed E-state index contributed by atoms with van der Waals surface area (Å²) >= 11 is 0. The van der Waals surface area contributed by atoms with E-state index in [1.165, 1.54) is 51.6 Å². The molecular weight excluding hydrogens is 336 g/mol. The average Bonchev–Trinajstić information content (AvgIpc) is 3.11. The van der Waals surface area contributed by atoms with Crippen LogP contribution in [-0.4, -0.2) is 45.9 Å². The molecule has 2 aliphatic rings. The lowest BCUT2D eigenvalue weighted by molar-refractivity contribution is -0.122. The van der Waals surface area contributed by atoms with E-state index < -0.39 is 0 Å². The summed E-state index contributed by atoms with van der Waals surface area (Å²) in [4.78, 5) is 19.6. The van der Waals surface area contributed by atoms with Crippen molar-refractivity contribution < 1.29 is 4.79 Å². The first kappa shape index (κ1) is 18.5. The molecule has 3 heterocycles. The highest BCUT2D eigenvalue weighted by Gasteiger charge is 2.24. The zero-order chi connectivity index (χ0) is 18.5. The van der Waals surface area contributed by atoms with Crippen molar-refractivity contribution in [1.29, 1.82) is 0 Å². The molecule has 146 valence electrons. The van der Waals surface area contributed by atoms with Gasteiger partial charge in [-0.05, 0) is 56.7 Å². The Morgan fingerprint density at radius 1 is 1.15 bits per heavy atom. The minimum atomic E-state index is 0.163. The van der Waals surface area contributed by atoms with Crippen molar-refractivity contribution in [3.8, 4) is 0 Å². The van der Waals surface area contributed by atoms with Crippen LogP contribution < -0.4 is 5.32 Å². The zero-order valence-corrected chi connectivity index (χ0v) is 16.3. The highest BCUT2D eigenvalue weighted by atomic mass is 16.1. The van der Waals surface area contributed by atoms with Crippen LogP contribution >= 0.6 is 0 Å². The zero-order valence-electron chi connectivity index (χ0n) is 16.3. The number of fused-ring (bicyclic) bond motifs is 1. The van der Waals surface area contributed by atoms with Crippen molar-refractivity contribution in [1.82, 2.24) is 19.6 Å². The van der Waals surface area contributed by atoms with E-state index in [1.54, 1.807) is 0 Å². The highest BCUT2D eigenvalue weighted by Crippen LogP contribution is 2.25. The number of likely N-dealkylation sites (tertiary alicyclic amines) is 1. The van der Waals surface area contributed by atoms with Crippen molar-refractivity contribution in [3.63, 3.8) is 0 Å². The smallest absolute Gasteiger partial charge is 0.220 e. The molecule has 1 saturated carbocycles. The molecule has 1 aliphatic heterocycles. The number of hydrogen-bond acceptors (Lipinski definition) is 3. The van der Waals surface area contributed by atoms with E-state index in [4.69, 9.17) is 0 Å². The maximum absolute atomic E-state index is 12.4. The number of imidazole rings is 1. The molecule has 27 heavy (non-hydrogen) atoms. The molecule has 2 aromatic rings. The summed E-state index contributed by atoms with van der Waals surface area (Å²) in [5.74, 6) is 1.04. The Morgan fingerprint density at radius 3 is 2.89 bits per heavy atom. The van der Waals surface area contributed by atoms with E-state index in [-0.39, 0.29) is 5.91 Å². The van der Waals surface area contributed by atoms with Gasteiger partial charge >= 0.3 is 0 Å². The molecule has 2 aromatic heterocycles. The molecular formula is C22H32N4O. The molecule has 5 heteroatoms. The van der Waals surface area contributed by atoms with Gasteiger partial charge in [0, 0.05) is 37.9 Å². The van der Waals surface area contributed by atoms with Gasteiger partial charge in [0.15, 0.2) is 0 Å². The average molecular weight is 369 g/mol. The Kier molecular flexibility index (Phi) is 6.07. The van der Waals surface area contributed by atoms with Gasteiger partial charge in [0.2, 0.25) is 5.91 Å². The molecule has 0 bridgehead atoms. The molecule has 0 spiro atoms. The number of aromatic nitrogens is 2. The standard InChI is InChI=1S/C22H32N4O/c27-22(12-11-20-17-26-14-5-4-10-21(26)23-20)24-19-9-6-13-25(16-19)15-18-7-2-1-3-8-18/h4-5,10,14,17-19H,1-3,6-9,11-13,15-16H2,(H,24,27). The number of piperidine rings is 1. The Hall–Kier alpha value is -1.88. The van der Waals surface area contributed by atoms with E-state index in [9.17, 15) is 4.79 Å². The summed E-state index contributed by atoms with van der Waals surface area (Å²) in [5, 5.41) is 3.27. The van der Waals surface area contributed by atoms with Crippen molar-refractivity contribution in [2.45, 2.75) is 63.8 Å². The number of nitrogens with one attached hydrogen (secondary N) is 1. The molecule has 1 amide bonds. The van der Waals surface area contributed by atoms with Crippen molar-refractivity contribution in [2.75, 3.05) is 19.6 Å². The van der Waals surface area contributed by atoms with Gasteiger partial charge in [0.25, 0.3) is 0 Å². The minimum Gasteiger partial charge on any atom is -0.352 e. The Balaban J connectivity index is 1.22. The molecule has 2 fully saturated rings. The van der Waals surface area contributed by atoms with Gasteiger partial charge in [0.05, 0.1) is 5.69 Å². The fourth-order valence-electron chi connectivity index (χ4n) is 4.72. The number of carbonyl (C=O) groups excluding carboxylic acids is 1. The van der Waals surface area contributed by atoms with Crippen LogP contribution in [-0.2, 0) is 11.2 Å². The number of carbonyl (C=O) groups is 1. The SMILES string of the molecule is O=C(CCc1cn2ccccc2n1)NC1CCCN(CC2CCCCC2)C1. The molecule has 5 nitrogen and oxygen atoms in total. The normalized spacial score (nSPS) is 22.1.